The van der Waals surface area contributed by atoms with Crippen molar-refractivity contribution in [3.8, 4) is 0 Å². The van der Waals surface area contributed by atoms with E-state index in [4.69, 9.17) is 4.74 Å². The highest BCUT2D eigenvalue weighted by Gasteiger charge is 2.44. The van der Waals surface area contributed by atoms with Gasteiger partial charge in [-0.3, -0.25) is 0 Å². The number of nitrogens with zero attached hydrogens (tertiary/aromatic N) is 1. The molecule has 0 saturated carbocycles. The molecule has 0 spiro atoms. The van der Waals surface area contributed by atoms with E-state index >= 15 is 0 Å². The Morgan fingerprint density at radius 1 is 1.50 bits per heavy atom. The van der Waals surface area contributed by atoms with Crippen molar-refractivity contribution in [2.45, 2.75) is 51.7 Å². The maximum Gasteiger partial charge on any atom is 0.410 e. The zero-order chi connectivity index (χ0) is 14.1. The molecular weight excluding hydrogens is 244 g/mol. The fourth-order valence-electron chi connectivity index (χ4n) is 1.93. The lowest BCUT2D eigenvalue weighted by molar-refractivity contribution is -0.103. The fourth-order valence-corrected chi connectivity index (χ4v) is 1.93. The van der Waals surface area contributed by atoms with Gasteiger partial charge in [0, 0.05) is 18.9 Å². The number of aliphatic hydroxyl groups is 1. The summed E-state index contributed by atoms with van der Waals surface area (Å²) in [6.07, 6.45) is -2.03. The normalized spacial score (nSPS) is 25.7. The van der Waals surface area contributed by atoms with Gasteiger partial charge in [0.25, 0.3) is 5.92 Å². The van der Waals surface area contributed by atoms with Gasteiger partial charge in [-0.05, 0) is 27.7 Å². The number of carbonyl (C=O) groups excluding carboxylic acids is 1. The Morgan fingerprint density at radius 3 is 2.50 bits per heavy atom. The third-order valence-corrected chi connectivity index (χ3v) is 2.77. The molecule has 1 rings (SSSR count). The molecule has 0 aromatic rings. The van der Waals surface area contributed by atoms with Crippen molar-refractivity contribution in [2.24, 2.45) is 5.92 Å². The summed E-state index contributed by atoms with van der Waals surface area (Å²) in [4.78, 5) is 12.7. The van der Waals surface area contributed by atoms with Crippen molar-refractivity contribution in [2.75, 3.05) is 13.1 Å². The second kappa shape index (κ2) is 4.99. The summed E-state index contributed by atoms with van der Waals surface area (Å²) < 4.78 is 32.1. The monoisotopic (exact) mass is 265 g/mol. The van der Waals surface area contributed by atoms with E-state index in [2.05, 4.69) is 0 Å². The molecule has 4 nitrogen and oxygen atoms in total. The van der Waals surface area contributed by atoms with Gasteiger partial charge in [-0.15, -0.1) is 0 Å². The van der Waals surface area contributed by atoms with Crippen molar-refractivity contribution >= 4 is 6.09 Å². The molecule has 1 amide bonds. The van der Waals surface area contributed by atoms with Gasteiger partial charge in [-0.1, -0.05) is 0 Å². The molecule has 1 fully saturated rings. The number of hydrogen-bond acceptors (Lipinski definition) is 3. The molecular formula is C12H21F2NO3. The molecule has 1 aliphatic heterocycles. The Labute approximate surface area is 106 Å². The predicted molar refractivity (Wildman–Crippen MR) is 62.5 cm³/mol. The number of alkyl halides is 2. The van der Waals surface area contributed by atoms with Gasteiger partial charge < -0.3 is 14.7 Å². The van der Waals surface area contributed by atoms with Crippen LogP contribution in [0.1, 0.15) is 34.1 Å². The summed E-state index contributed by atoms with van der Waals surface area (Å²) >= 11 is 0. The van der Waals surface area contributed by atoms with Crippen LogP contribution < -0.4 is 0 Å². The van der Waals surface area contributed by atoms with Crippen LogP contribution >= 0.6 is 0 Å². The van der Waals surface area contributed by atoms with Crippen molar-refractivity contribution in [1.29, 1.82) is 0 Å². The van der Waals surface area contributed by atoms with Crippen molar-refractivity contribution in [3.63, 3.8) is 0 Å². The smallest absolute Gasteiger partial charge is 0.410 e. The Bertz CT molecular complexity index is 313. The first-order valence-corrected chi connectivity index (χ1v) is 6.04. The minimum atomic E-state index is -2.98. The van der Waals surface area contributed by atoms with Crippen molar-refractivity contribution in [3.05, 3.63) is 0 Å². The number of amides is 1. The lowest BCUT2D eigenvalue weighted by atomic mass is 9.91. The van der Waals surface area contributed by atoms with Crippen LogP contribution in [0.4, 0.5) is 13.6 Å². The third-order valence-electron chi connectivity index (χ3n) is 2.77. The van der Waals surface area contributed by atoms with Gasteiger partial charge in [-0.2, -0.15) is 0 Å². The first-order chi connectivity index (χ1) is 8.00. The molecule has 0 bridgehead atoms. The minimum absolute atomic E-state index is 0.0994. The number of piperidine rings is 1. The molecule has 6 heteroatoms. The summed E-state index contributed by atoms with van der Waals surface area (Å²) in [6.45, 7) is 5.95. The fraction of sp³-hybridized carbons (Fsp3) is 0.917. The second-order valence-corrected chi connectivity index (χ2v) is 5.92. The highest BCUT2D eigenvalue weighted by molar-refractivity contribution is 5.68. The highest BCUT2D eigenvalue weighted by Crippen LogP contribution is 2.32. The van der Waals surface area contributed by atoms with Gasteiger partial charge in [0.15, 0.2) is 0 Å². The topological polar surface area (TPSA) is 49.8 Å². The SMILES string of the molecule is CC(O)C1CN(C(=O)OC(C)(C)C)CC(F)(F)C1. The molecule has 18 heavy (non-hydrogen) atoms. The second-order valence-electron chi connectivity index (χ2n) is 5.92. The summed E-state index contributed by atoms with van der Waals surface area (Å²) in [6, 6.07) is 0. The number of halogens is 2. The van der Waals surface area contributed by atoms with E-state index < -0.39 is 42.6 Å². The predicted octanol–water partition coefficient (Wildman–Crippen LogP) is 2.26. The molecule has 2 atom stereocenters. The molecule has 1 N–H and O–H groups in total. The van der Waals surface area contributed by atoms with Crippen LogP contribution in [0, 0.1) is 5.92 Å². The van der Waals surface area contributed by atoms with Crippen LogP contribution in [0.25, 0.3) is 0 Å². The van der Waals surface area contributed by atoms with Crippen LogP contribution in [0.2, 0.25) is 0 Å². The van der Waals surface area contributed by atoms with Gasteiger partial charge in [0.05, 0.1) is 12.6 Å². The molecule has 2 unspecified atom stereocenters. The maximum absolute atomic E-state index is 13.5. The number of hydrogen-bond donors (Lipinski definition) is 1. The molecule has 0 aliphatic carbocycles. The van der Waals surface area contributed by atoms with Gasteiger partial charge in [0.1, 0.15) is 5.60 Å². The zero-order valence-electron chi connectivity index (χ0n) is 11.2. The average Bonchev–Trinajstić information content (AvgIpc) is 2.12. The summed E-state index contributed by atoms with van der Waals surface area (Å²) in [5.74, 6) is -3.60. The van der Waals surface area contributed by atoms with Crippen LogP contribution in [0.15, 0.2) is 0 Å². The van der Waals surface area contributed by atoms with Gasteiger partial charge in [0.2, 0.25) is 0 Å². The van der Waals surface area contributed by atoms with E-state index in [1.807, 2.05) is 0 Å². The molecule has 1 saturated heterocycles. The summed E-state index contributed by atoms with van der Waals surface area (Å²) in [5.41, 5.74) is -0.718. The Balaban J connectivity index is 2.73. The van der Waals surface area contributed by atoms with E-state index in [-0.39, 0.29) is 6.54 Å². The molecule has 0 radical (unpaired) electrons. The number of likely N-dealkylation sites (tertiary alicyclic amines) is 1. The largest absolute Gasteiger partial charge is 0.444 e. The number of ether oxygens (including phenoxy) is 1. The number of aliphatic hydroxyl groups excluding tert-OH is 1. The first-order valence-electron chi connectivity index (χ1n) is 6.04. The van der Waals surface area contributed by atoms with Crippen molar-refractivity contribution < 1.29 is 23.4 Å². The third kappa shape index (κ3) is 4.40. The molecule has 1 heterocycles. The van der Waals surface area contributed by atoms with E-state index in [1.165, 1.54) is 6.92 Å². The Hall–Kier alpha value is -0.910. The lowest BCUT2D eigenvalue weighted by Gasteiger charge is -2.39. The quantitative estimate of drug-likeness (QED) is 0.791. The molecule has 0 aromatic carbocycles. The van der Waals surface area contributed by atoms with Crippen LogP contribution in [0.3, 0.4) is 0 Å². The van der Waals surface area contributed by atoms with Crippen molar-refractivity contribution in [1.82, 2.24) is 4.90 Å². The number of rotatable bonds is 1. The van der Waals surface area contributed by atoms with E-state index in [9.17, 15) is 18.7 Å². The summed E-state index contributed by atoms with van der Waals surface area (Å²) in [7, 11) is 0. The van der Waals surface area contributed by atoms with Crippen LogP contribution in [0.5, 0.6) is 0 Å². The zero-order valence-corrected chi connectivity index (χ0v) is 11.2. The first kappa shape index (κ1) is 15.1. The molecule has 1 aliphatic rings. The van der Waals surface area contributed by atoms with Crippen LogP contribution in [-0.2, 0) is 4.74 Å². The van der Waals surface area contributed by atoms with E-state index in [1.54, 1.807) is 20.8 Å². The van der Waals surface area contributed by atoms with Crippen LogP contribution in [-0.4, -0.2) is 46.8 Å². The van der Waals surface area contributed by atoms with Gasteiger partial charge in [-0.25, -0.2) is 13.6 Å². The van der Waals surface area contributed by atoms with Gasteiger partial charge >= 0.3 is 6.09 Å². The number of carbonyl (C=O) groups is 1. The standard InChI is InChI=1S/C12H21F2NO3/c1-8(16)9-5-12(13,14)7-15(6-9)10(17)18-11(2,3)4/h8-9,16H,5-7H2,1-4H3. The average molecular weight is 265 g/mol. The summed E-state index contributed by atoms with van der Waals surface area (Å²) in [5, 5.41) is 9.43. The molecule has 0 aromatic heterocycles. The van der Waals surface area contributed by atoms with E-state index in [0.717, 1.165) is 4.90 Å². The van der Waals surface area contributed by atoms with E-state index in [0.29, 0.717) is 0 Å². The minimum Gasteiger partial charge on any atom is -0.444 e. The Morgan fingerprint density at radius 2 is 2.06 bits per heavy atom. The Kier molecular flexibility index (Phi) is 4.20. The highest BCUT2D eigenvalue weighted by atomic mass is 19.3. The molecule has 106 valence electrons. The lowest BCUT2D eigenvalue weighted by Crippen LogP contribution is -2.52. The maximum atomic E-state index is 13.5.